The van der Waals surface area contributed by atoms with Gasteiger partial charge in [-0.2, -0.15) is 0 Å². The van der Waals surface area contributed by atoms with Crippen LogP contribution >= 0.6 is 23.1 Å². The molecule has 4 nitrogen and oxygen atoms in total. The van der Waals surface area contributed by atoms with E-state index in [2.05, 4.69) is 6.07 Å². The van der Waals surface area contributed by atoms with Crippen molar-refractivity contribution in [1.29, 1.82) is 0 Å². The minimum absolute atomic E-state index is 0.110. The number of ether oxygens (including phenoxy) is 1. The molecule has 0 aliphatic carbocycles. The third-order valence-corrected chi connectivity index (χ3v) is 6.63. The molecule has 1 aliphatic heterocycles. The summed E-state index contributed by atoms with van der Waals surface area (Å²) >= 11 is 3.40. The summed E-state index contributed by atoms with van der Waals surface area (Å²) in [5.74, 6) is 2.01. The summed E-state index contributed by atoms with van der Waals surface area (Å²) in [5.41, 5.74) is 2.90. The van der Waals surface area contributed by atoms with Crippen LogP contribution in [0.15, 0.2) is 58.8 Å². The van der Waals surface area contributed by atoms with E-state index >= 15 is 0 Å². The van der Waals surface area contributed by atoms with Crippen molar-refractivity contribution in [2.45, 2.75) is 24.7 Å². The third kappa shape index (κ3) is 4.23. The number of thiazole rings is 1. The molecule has 0 radical (unpaired) electrons. The second-order valence-corrected chi connectivity index (χ2v) is 8.49. The summed E-state index contributed by atoms with van der Waals surface area (Å²) in [6.07, 6.45) is 1.33. The highest BCUT2D eigenvalue weighted by Gasteiger charge is 2.22. The summed E-state index contributed by atoms with van der Waals surface area (Å²) in [7, 11) is 0. The highest BCUT2D eigenvalue weighted by atomic mass is 32.2. The maximum Gasteiger partial charge on any atom is 0.233 e. The van der Waals surface area contributed by atoms with Crippen LogP contribution in [-0.2, 0) is 11.2 Å². The number of rotatable bonds is 5. The van der Waals surface area contributed by atoms with E-state index in [-0.39, 0.29) is 5.91 Å². The van der Waals surface area contributed by atoms with E-state index in [1.54, 1.807) is 11.3 Å². The molecule has 3 aromatic rings. The molecule has 0 N–H and O–H groups in total. The molecule has 1 amide bonds. The van der Waals surface area contributed by atoms with Gasteiger partial charge in [-0.25, -0.2) is 4.98 Å². The first-order chi connectivity index (χ1) is 13.7. The topological polar surface area (TPSA) is 42.4 Å². The number of para-hydroxylation sites is 1. The fourth-order valence-corrected chi connectivity index (χ4v) is 5.04. The van der Waals surface area contributed by atoms with Crippen molar-refractivity contribution in [1.82, 2.24) is 4.98 Å². The zero-order valence-corrected chi connectivity index (χ0v) is 17.4. The van der Waals surface area contributed by atoms with Crippen molar-refractivity contribution in [3.05, 3.63) is 59.6 Å². The van der Waals surface area contributed by atoms with Gasteiger partial charge in [0.05, 0.1) is 24.4 Å². The fourth-order valence-electron chi connectivity index (χ4n) is 3.22. The number of nitrogens with zero attached hydrogens (tertiary/aromatic N) is 2. The van der Waals surface area contributed by atoms with Gasteiger partial charge in [0, 0.05) is 22.4 Å². The second-order valence-electron chi connectivity index (χ2n) is 6.49. The molecular formula is C22H22N2O2S2. The lowest BCUT2D eigenvalue weighted by molar-refractivity contribution is -0.118. The Labute approximate surface area is 173 Å². The minimum Gasteiger partial charge on any atom is -0.494 e. The molecule has 0 atom stereocenters. The highest BCUT2D eigenvalue weighted by molar-refractivity contribution is 7.99. The maximum absolute atomic E-state index is 13.0. The van der Waals surface area contributed by atoms with Crippen molar-refractivity contribution < 1.29 is 9.53 Å². The predicted octanol–water partition coefficient (Wildman–Crippen LogP) is 5.28. The van der Waals surface area contributed by atoms with E-state index in [9.17, 15) is 4.79 Å². The molecule has 28 heavy (non-hydrogen) atoms. The van der Waals surface area contributed by atoms with E-state index in [1.807, 2.05) is 71.4 Å². The van der Waals surface area contributed by atoms with Crippen LogP contribution in [0.4, 0.5) is 5.69 Å². The van der Waals surface area contributed by atoms with Crippen LogP contribution in [0.5, 0.6) is 5.75 Å². The number of fused-ring (bicyclic) bond motifs is 1. The summed E-state index contributed by atoms with van der Waals surface area (Å²) in [6.45, 7) is 3.39. The quantitative estimate of drug-likeness (QED) is 0.574. The van der Waals surface area contributed by atoms with Crippen LogP contribution in [0.1, 0.15) is 19.0 Å². The van der Waals surface area contributed by atoms with Crippen molar-refractivity contribution in [2.24, 2.45) is 0 Å². The smallest absolute Gasteiger partial charge is 0.233 e. The van der Waals surface area contributed by atoms with Crippen molar-refractivity contribution in [3.8, 4) is 16.3 Å². The average molecular weight is 411 g/mol. The molecule has 0 fully saturated rings. The highest BCUT2D eigenvalue weighted by Crippen LogP contribution is 2.34. The maximum atomic E-state index is 13.0. The van der Waals surface area contributed by atoms with Gasteiger partial charge in [-0.1, -0.05) is 12.1 Å². The number of aromatic nitrogens is 1. The summed E-state index contributed by atoms with van der Waals surface area (Å²) in [4.78, 5) is 20.8. The molecule has 0 saturated heterocycles. The molecule has 2 heterocycles. The number of benzene rings is 2. The predicted molar refractivity (Wildman–Crippen MR) is 117 cm³/mol. The van der Waals surface area contributed by atoms with Gasteiger partial charge >= 0.3 is 0 Å². The first kappa shape index (κ1) is 19.0. The molecule has 0 bridgehead atoms. The Bertz CT molecular complexity index is 953. The SMILES string of the molecule is CCOc1ccc(-c2nc(CC(=O)N3CCCSc4ccccc43)cs2)cc1. The number of anilines is 1. The minimum atomic E-state index is 0.110. The Kier molecular flexibility index (Phi) is 5.98. The van der Waals surface area contributed by atoms with Crippen molar-refractivity contribution in [2.75, 3.05) is 23.8 Å². The molecule has 4 rings (SSSR count). The lowest BCUT2D eigenvalue weighted by Gasteiger charge is -2.22. The van der Waals surface area contributed by atoms with Crippen LogP contribution in [-0.4, -0.2) is 29.8 Å². The average Bonchev–Trinajstić information content (AvgIpc) is 3.06. The van der Waals surface area contributed by atoms with Gasteiger partial charge in [0.15, 0.2) is 0 Å². The Hall–Kier alpha value is -2.31. The number of hydrogen-bond donors (Lipinski definition) is 0. The Morgan fingerprint density at radius 3 is 2.82 bits per heavy atom. The van der Waals surface area contributed by atoms with E-state index in [4.69, 9.17) is 9.72 Å². The van der Waals surface area contributed by atoms with Gasteiger partial charge in [-0.05, 0) is 55.5 Å². The Morgan fingerprint density at radius 1 is 1.18 bits per heavy atom. The molecule has 144 valence electrons. The molecule has 6 heteroatoms. The third-order valence-electron chi connectivity index (χ3n) is 4.54. The Morgan fingerprint density at radius 2 is 2.00 bits per heavy atom. The van der Waals surface area contributed by atoms with Crippen LogP contribution in [0.2, 0.25) is 0 Å². The van der Waals surface area contributed by atoms with Crippen LogP contribution in [0.3, 0.4) is 0 Å². The first-order valence-corrected chi connectivity index (χ1v) is 11.3. The lowest BCUT2D eigenvalue weighted by atomic mass is 10.2. The van der Waals surface area contributed by atoms with Crippen LogP contribution < -0.4 is 9.64 Å². The summed E-state index contributed by atoms with van der Waals surface area (Å²) in [5, 5.41) is 2.92. The number of thioether (sulfide) groups is 1. The van der Waals surface area contributed by atoms with E-state index in [0.29, 0.717) is 13.0 Å². The molecule has 0 spiro atoms. The molecule has 0 saturated carbocycles. The molecule has 0 unspecified atom stereocenters. The Balaban J connectivity index is 1.49. The zero-order chi connectivity index (χ0) is 19.3. The molecule has 1 aliphatic rings. The normalized spacial score (nSPS) is 13.7. The van der Waals surface area contributed by atoms with Gasteiger partial charge in [-0.15, -0.1) is 23.1 Å². The van der Waals surface area contributed by atoms with E-state index in [1.165, 1.54) is 4.90 Å². The summed E-state index contributed by atoms with van der Waals surface area (Å²) < 4.78 is 5.49. The van der Waals surface area contributed by atoms with Gasteiger partial charge in [0.2, 0.25) is 5.91 Å². The van der Waals surface area contributed by atoms with Crippen molar-refractivity contribution >= 4 is 34.7 Å². The monoisotopic (exact) mass is 410 g/mol. The zero-order valence-electron chi connectivity index (χ0n) is 15.8. The van der Waals surface area contributed by atoms with Gasteiger partial charge < -0.3 is 9.64 Å². The number of hydrogen-bond acceptors (Lipinski definition) is 5. The fraction of sp³-hybridized carbons (Fsp3) is 0.273. The van der Waals surface area contributed by atoms with Gasteiger partial charge in [0.1, 0.15) is 10.8 Å². The van der Waals surface area contributed by atoms with E-state index in [0.717, 1.165) is 46.4 Å². The standard InChI is InChI=1S/C22H22N2O2S2/c1-2-26-18-10-8-16(9-11-18)22-23-17(15-28-22)14-21(25)24-12-5-13-27-20-7-4-3-6-19(20)24/h3-4,6-11,15H,2,5,12-14H2,1H3. The largest absolute Gasteiger partial charge is 0.494 e. The van der Waals surface area contributed by atoms with Gasteiger partial charge in [0.25, 0.3) is 0 Å². The van der Waals surface area contributed by atoms with E-state index < -0.39 is 0 Å². The van der Waals surface area contributed by atoms with Crippen LogP contribution in [0.25, 0.3) is 10.6 Å². The van der Waals surface area contributed by atoms with Gasteiger partial charge in [-0.3, -0.25) is 4.79 Å². The summed E-state index contributed by atoms with van der Waals surface area (Å²) in [6, 6.07) is 16.1. The van der Waals surface area contributed by atoms with Crippen LogP contribution in [0, 0.1) is 0 Å². The molecule has 2 aromatic carbocycles. The number of carbonyl (C=O) groups excluding carboxylic acids is 1. The number of carbonyl (C=O) groups is 1. The van der Waals surface area contributed by atoms with Crippen molar-refractivity contribution in [3.63, 3.8) is 0 Å². The molecule has 1 aromatic heterocycles. The lowest BCUT2D eigenvalue weighted by Crippen LogP contribution is -2.33. The number of amides is 1. The first-order valence-electron chi connectivity index (χ1n) is 9.44. The second kappa shape index (κ2) is 8.80. The molecular weight excluding hydrogens is 388 g/mol.